The molecule has 1 aromatic carbocycles. The number of nitrogens with zero attached hydrogens (tertiary/aromatic N) is 1. The summed E-state index contributed by atoms with van der Waals surface area (Å²) in [6.07, 6.45) is -1.24. The van der Waals surface area contributed by atoms with Gasteiger partial charge in [-0.2, -0.15) is 5.26 Å². The van der Waals surface area contributed by atoms with Crippen molar-refractivity contribution in [1.82, 2.24) is 0 Å². The van der Waals surface area contributed by atoms with Crippen LogP contribution in [-0.2, 0) is 11.2 Å². The lowest BCUT2D eigenvalue weighted by atomic mass is 9.96. The summed E-state index contributed by atoms with van der Waals surface area (Å²) in [5.41, 5.74) is 2.25. The topological polar surface area (TPSA) is 93.3 Å². The fourth-order valence-corrected chi connectivity index (χ4v) is 2.01. The number of nitrogens with one attached hydrogen (secondary N) is 1. The lowest BCUT2D eigenvalue weighted by molar-refractivity contribution is -0.116. The number of aliphatic hydroxyl groups is 2. The van der Waals surface area contributed by atoms with Crippen LogP contribution < -0.4 is 5.32 Å². The quantitative estimate of drug-likeness (QED) is 0.738. The summed E-state index contributed by atoms with van der Waals surface area (Å²) in [7, 11) is 0. The molecule has 0 aromatic heterocycles. The van der Waals surface area contributed by atoms with Crippen molar-refractivity contribution in [3.63, 3.8) is 0 Å². The molecule has 0 radical (unpaired) electrons. The van der Waals surface area contributed by atoms with Crippen molar-refractivity contribution >= 4 is 11.6 Å². The van der Waals surface area contributed by atoms with Crippen LogP contribution in [0.25, 0.3) is 0 Å². The number of rotatable bonds is 3. The van der Waals surface area contributed by atoms with E-state index in [9.17, 15) is 15.0 Å². The van der Waals surface area contributed by atoms with Crippen molar-refractivity contribution in [3.8, 4) is 6.07 Å². The zero-order chi connectivity index (χ0) is 13.1. The van der Waals surface area contributed by atoms with Gasteiger partial charge in [-0.3, -0.25) is 4.79 Å². The van der Waals surface area contributed by atoms with Gasteiger partial charge in [0, 0.05) is 12.1 Å². The summed E-state index contributed by atoms with van der Waals surface area (Å²) in [5, 5.41) is 30.7. The summed E-state index contributed by atoms with van der Waals surface area (Å²) in [6, 6.07) is 6.94. The maximum absolute atomic E-state index is 11.2. The summed E-state index contributed by atoms with van der Waals surface area (Å²) in [5.74, 6) is -0.0136. The Morgan fingerprint density at radius 3 is 2.89 bits per heavy atom. The molecule has 2 rings (SSSR count). The number of hydrogen-bond acceptors (Lipinski definition) is 4. The van der Waals surface area contributed by atoms with Gasteiger partial charge < -0.3 is 15.5 Å². The van der Waals surface area contributed by atoms with Gasteiger partial charge in [-0.15, -0.1) is 0 Å². The third-order valence-corrected chi connectivity index (χ3v) is 3.03. The number of carbonyl (C=O) groups is 1. The molecule has 1 aliphatic rings. The number of nitriles is 1. The number of anilines is 1. The van der Waals surface area contributed by atoms with E-state index in [0.29, 0.717) is 18.4 Å². The van der Waals surface area contributed by atoms with Gasteiger partial charge in [-0.05, 0) is 23.6 Å². The molecular weight excluding hydrogens is 232 g/mol. The van der Waals surface area contributed by atoms with E-state index >= 15 is 0 Å². The predicted octanol–water partition coefficient (Wildman–Crippen LogP) is 0.879. The Labute approximate surface area is 105 Å². The Kier molecular flexibility index (Phi) is 3.60. The molecule has 0 fully saturated rings. The fraction of sp³-hybridized carbons (Fsp3) is 0.385. The Morgan fingerprint density at radius 2 is 2.17 bits per heavy atom. The third-order valence-electron chi connectivity index (χ3n) is 3.03. The highest BCUT2D eigenvalue weighted by Gasteiger charge is 2.21. The van der Waals surface area contributed by atoms with Gasteiger partial charge in [0.05, 0.1) is 18.6 Å². The number of hydrogen-bond donors (Lipinski definition) is 3. The molecule has 1 heterocycles. The minimum atomic E-state index is -1.09. The predicted molar refractivity (Wildman–Crippen MR) is 64.6 cm³/mol. The summed E-state index contributed by atoms with van der Waals surface area (Å²) < 4.78 is 0. The number of fused-ring (bicyclic) bond motifs is 1. The first-order chi connectivity index (χ1) is 8.61. The summed E-state index contributed by atoms with van der Waals surface area (Å²) >= 11 is 0. The lowest BCUT2D eigenvalue weighted by Crippen LogP contribution is -2.21. The number of carbonyl (C=O) groups excluding carboxylic acids is 1. The molecular formula is C13H14N2O3. The van der Waals surface area contributed by atoms with E-state index in [1.165, 1.54) is 0 Å². The first kappa shape index (κ1) is 12.6. The van der Waals surface area contributed by atoms with Crippen molar-refractivity contribution in [2.45, 2.75) is 31.5 Å². The normalized spacial score (nSPS) is 17.3. The molecule has 2 unspecified atom stereocenters. The molecule has 18 heavy (non-hydrogen) atoms. The average Bonchev–Trinajstić information content (AvgIpc) is 2.37. The molecule has 0 spiro atoms. The van der Waals surface area contributed by atoms with E-state index in [1.54, 1.807) is 18.2 Å². The number of aliphatic hydroxyl groups excluding tert-OH is 2. The molecule has 1 aliphatic heterocycles. The first-order valence-corrected chi connectivity index (χ1v) is 5.77. The molecule has 0 saturated heterocycles. The van der Waals surface area contributed by atoms with Gasteiger partial charge in [-0.1, -0.05) is 12.1 Å². The van der Waals surface area contributed by atoms with Gasteiger partial charge >= 0.3 is 0 Å². The van der Waals surface area contributed by atoms with Crippen molar-refractivity contribution in [1.29, 1.82) is 5.26 Å². The maximum atomic E-state index is 11.2. The molecule has 5 nitrogen and oxygen atoms in total. The van der Waals surface area contributed by atoms with Crippen LogP contribution in [-0.4, -0.2) is 22.2 Å². The van der Waals surface area contributed by atoms with Crippen LogP contribution in [0, 0.1) is 11.3 Å². The smallest absolute Gasteiger partial charge is 0.224 e. The van der Waals surface area contributed by atoms with E-state index in [1.807, 2.05) is 6.07 Å². The third kappa shape index (κ3) is 2.50. The van der Waals surface area contributed by atoms with E-state index < -0.39 is 12.2 Å². The van der Waals surface area contributed by atoms with E-state index in [2.05, 4.69) is 5.32 Å². The Morgan fingerprint density at radius 1 is 1.39 bits per heavy atom. The van der Waals surface area contributed by atoms with Gasteiger partial charge in [0.2, 0.25) is 5.91 Å². The van der Waals surface area contributed by atoms with E-state index in [0.717, 1.165) is 11.3 Å². The highest BCUT2D eigenvalue weighted by Crippen LogP contribution is 2.27. The van der Waals surface area contributed by atoms with Crippen LogP contribution in [0.1, 0.15) is 30.1 Å². The largest absolute Gasteiger partial charge is 0.389 e. The van der Waals surface area contributed by atoms with Crippen LogP contribution >= 0.6 is 0 Å². The van der Waals surface area contributed by atoms with E-state index in [4.69, 9.17) is 5.26 Å². The minimum absolute atomic E-state index is 0.0136. The molecule has 1 aromatic rings. The van der Waals surface area contributed by atoms with Gasteiger partial charge in [0.1, 0.15) is 6.10 Å². The number of amides is 1. The van der Waals surface area contributed by atoms with Crippen LogP contribution in [0.2, 0.25) is 0 Å². The summed E-state index contributed by atoms with van der Waals surface area (Å²) in [6.45, 7) is 0. The minimum Gasteiger partial charge on any atom is -0.389 e. The maximum Gasteiger partial charge on any atom is 0.224 e. The molecule has 3 N–H and O–H groups in total. The van der Waals surface area contributed by atoms with Crippen molar-refractivity contribution in [2.75, 3.05) is 5.32 Å². The highest BCUT2D eigenvalue weighted by atomic mass is 16.3. The summed E-state index contributed by atoms with van der Waals surface area (Å²) in [4.78, 5) is 11.2. The van der Waals surface area contributed by atoms with Gasteiger partial charge in [0.15, 0.2) is 0 Å². The van der Waals surface area contributed by atoms with Crippen LogP contribution in [0.3, 0.4) is 0 Å². The second-order valence-electron chi connectivity index (χ2n) is 4.34. The molecule has 0 saturated carbocycles. The SMILES string of the molecule is N#CCC(O)C(O)c1ccc2c(c1)CCC(=O)N2. The van der Waals surface area contributed by atoms with Crippen molar-refractivity contribution in [3.05, 3.63) is 29.3 Å². The number of benzene rings is 1. The Balaban J connectivity index is 2.21. The highest BCUT2D eigenvalue weighted by molar-refractivity contribution is 5.93. The average molecular weight is 246 g/mol. The van der Waals surface area contributed by atoms with Crippen LogP contribution in [0.4, 0.5) is 5.69 Å². The lowest BCUT2D eigenvalue weighted by Gasteiger charge is -2.21. The van der Waals surface area contributed by atoms with Crippen LogP contribution in [0.5, 0.6) is 0 Å². The van der Waals surface area contributed by atoms with Crippen LogP contribution in [0.15, 0.2) is 18.2 Å². The zero-order valence-corrected chi connectivity index (χ0v) is 9.76. The Hall–Kier alpha value is -1.90. The molecule has 0 bridgehead atoms. The molecule has 0 aliphatic carbocycles. The molecule has 5 heteroatoms. The van der Waals surface area contributed by atoms with E-state index in [-0.39, 0.29) is 12.3 Å². The second kappa shape index (κ2) is 5.17. The fourth-order valence-electron chi connectivity index (χ4n) is 2.01. The standard InChI is InChI=1S/C13H14N2O3/c14-6-5-11(16)13(18)9-1-3-10-8(7-9)2-4-12(17)15-10/h1,3,7,11,13,16,18H,2,4-5H2,(H,15,17). The first-order valence-electron chi connectivity index (χ1n) is 5.77. The number of aryl methyl sites for hydroxylation is 1. The van der Waals surface area contributed by atoms with Gasteiger partial charge in [-0.25, -0.2) is 0 Å². The second-order valence-corrected chi connectivity index (χ2v) is 4.34. The molecule has 94 valence electrons. The zero-order valence-electron chi connectivity index (χ0n) is 9.76. The van der Waals surface area contributed by atoms with Crippen molar-refractivity contribution < 1.29 is 15.0 Å². The Bertz CT molecular complexity index is 507. The van der Waals surface area contributed by atoms with Crippen molar-refractivity contribution in [2.24, 2.45) is 0 Å². The monoisotopic (exact) mass is 246 g/mol. The molecule has 2 atom stereocenters. The van der Waals surface area contributed by atoms with Gasteiger partial charge in [0.25, 0.3) is 0 Å². The molecule has 1 amide bonds.